The monoisotopic (exact) mass is 562 g/mol. The maximum atomic E-state index is 12.9. The van der Waals surface area contributed by atoms with Crippen molar-refractivity contribution in [1.29, 1.82) is 5.26 Å². The number of benzene rings is 2. The third-order valence-electron chi connectivity index (χ3n) is 5.86. The number of hydrogen-bond donors (Lipinski definition) is 1. The quantitative estimate of drug-likeness (QED) is 0.213. The first kappa shape index (κ1) is 28.2. The zero-order valence-electron chi connectivity index (χ0n) is 22.1. The van der Waals surface area contributed by atoms with Crippen LogP contribution >= 0.6 is 11.3 Å². The number of hydrogen-bond acceptors (Lipinski definition) is 10. The minimum Gasteiger partial charge on any atom is -0.497 e. The molecule has 0 radical (unpaired) electrons. The second kappa shape index (κ2) is 12.8. The summed E-state index contributed by atoms with van der Waals surface area (Å²) in [5.41, 5.74) is 2.13. The fourth-order valence-electron chi connectivity index (χ4n) is 3.93. The minimum absolute atomic E-state index is 0.151. The van der Waals surface area contributed by atoms with Gasteiger partial charge in [0.15, 0.2) is 18.1 Å². The van der Waals surface area contributed by atoms with Gasteiger partial charge in [-0.15, -0.1) is 11.3 Å². The first-order valence-corrected chi connectivity index (χ1v) is 13.0. The van der Waals surface area contributed by atoms with Gasteiger partial charge in [-0.25, -0.2) is 9.59 Å². The van der Waals surface area contributed by atoms with E-state index < -0.39 is 24.5 Å². The number of fused-ring (bicyclic) bond motifs is 1. The molecule has 1 N–H and O–H groups in total. The molecule has 0 aliphatic carbocycles. The number of esters is 2. The van der Waals surface area contributed by atoms with Gasteiger partial charge < -0.3 is 29.0 Å². The van der Waals surface area contributed by atoms with E-state index in [2.05, 4.69) is 5.32 Å². The number of nitriles is 1. The molecule has 40 heavy (non-hydrogen) atoms. The van der Waals surface area contributed by atoms with Gasteiger partial charge in [-0.2, -0.15) is 5.26 Å². The lowest BCUT2D eigenvalue weighted by Gasteiger charge is -2.10. The van der Waals surface area contributed by atoms with Crippen molar-refractivity contribution < 1.29 is 38.1 Å². The van der Waals surface area contributed by atoms with E-state index in [9.17, 15) is 19.6 Å². The summed E-state index contributed by atoms with van der Waals surface area (Å²) >= 11 is 1.21. The van der Waals surface area contributed by atoms with Crippen LogP contribution < -0.4 is 19.5 Å². The first-order chi connectivity index (χ1) is 19.3. The summed E-state index contributed by atoms with van der Waals surface area (Å²) in [5.74, 6) is -0.306. The van der Waals surface area contributed by atoms with Crippen LogP contribution in [0.25, 0.3) is 6.08 Å². The Balaban J connectivity index is 1.47. The molecular weight excluding hydrogens is 536 g/mol. The molecule has 4 rings (SSSR count). The highest BCUT2D eigenvalue weighted by Crippen LogP contribution is 2.37. The lowest BCUT2D eigenvalue weighted by Crippen LogP contribution is -2.22. The normalized spacial score (nSPS) is 11.9. The van der Waals surface area contributed by atoms with Gasteiger partial charge in [-0.3, -0.25) is 4.79 Å². The predicted molar refractivity (Wildman–Crippen MR) is 147 cm³/mol. The Hall–Kier alpha value is -4.82. The molecule has 1 aliphatic heterocycles. The van der Waals surface area contributed by atoms with E-state index in [1.54, 1.807) is 43.3 Å². The van der Waals surface area contributed by atoms with Crippen LogP contribution in [0.15, 0.2) is 48.0 Å². The largest absolute Gasteiger partial charge is 0.497 e. The summed E-state index contributed by atoms with van der Waals surface area (Å²) < 4.78 is 26.2. The molecule has 0 unspecified atom stereocenters. The molecule has 0 saturated carbocycles. The third kappa shape index (κ3) is 6.59. The van der Waals surface area contributed by atoms with Gasteiger partial charge in [0, 0.05) is 4.88 Å². The fraction of sp³-hybridized carbons (Fsp3) is 0.241. The number of nitrogens with zero attached hydrogens (tertiary/aromatic N) is 1. The standard InChI is InChI=1S/C29H26N2O8S/c1-4-36-29(34)26-22(12-19-7-10-23-24(13-19)39-16-38-23)17(2)40-27(26)31-25(32)15-37-28(33)20(14-30)11-18-5-8-21(35-3)9-6-18/h5-11,13H,4,12,15-16H2,1-3H3,(H,31,32). The summed E-state index contributed by atoms with van der Waals surface area (Å²) in [6.45, 7) is 3.18. The molecule has 0 atom stereocenters. The number of aryl methyl sites for hydroxylation is 1. The number of nitrogens with one attached hydrogen (secondary N) is 1. The second-order valence-corrected chi connectivity index (χ2v) is 9.72. The Morgan fingerprint density at radius 1 is 1.10 bits per heavy atom. The van der Waals surface area contributed by atoms with Crippen molar-refractivity contribution in [2.24, 2.45) is 0 Å². The lowest BCUT2D eigenvalue weighted by molar-refractivity contribution is -0.142. The Morgan fingerprint density at radius 3 is 2.55 bits per heavy atom. The lowest BCUT2D eigenvalue weighted by atomic mass is 10.0. The van der Waals surface area contributed by atoms with Gasteiger partial charge in [0.2, 0.25) is 6.79 Å². The minimum atomic E-state index is -0.954. The van der Waals surface area contributed by atoms with Gasteiger partial charge >= 0.3 is 11.9 Å². The summed E-state index contributed by atoms with van der Waals surface area (Å²) in [5, 5.41) is 12.3. The van der Waals surface area contributed by atoms with E-state index in [0.29, 0.717) is 34.8 Å². The molecule has 11 heteroatoms. The van der Waals surface area contributed by atoms with Crippen LogP contribution in [0.5, 0.6) is 17.2 Å². The molecular formula is C29H26N2O8S. The summed E-state index contributed by atoms with van der Waals surface area (Å²) in [7, 11) is 1.53. The van der Waals surface area contributed by atoms with Crippen molar-refractivity contribution >= 4 is 40.3 Å². The highest BCUT2D eigenvalue weighted by Gasteiger charge is 2.26. The molecule has 3 aromatic rings. The average Bonchev–Trinajstić information content (AvgIpc) is 3.54. The van der Waals surface area contributed by atoms with Crippen molar-refractivity contribution in [3.05, 3.63) is 75.2 Å². The van der Waals surface area contributed by atoms with Crippen LogP contribution in [-0.4, -0.2) is 45.0 Å². The van der Waals surface area contributed by atoms with Crippen molar-refractivity contribution in [2.75, 3.05) is 32.4 Å². The molecule has 1 amide bonds. The van der Waals surface area contributed by atoms with E-state index in [-0.39, 0.29) is 29.5 Å². The number of methoxy groups -OCH3 is 1. The number of rotatable bonds is 10. The molecule has 0 bridgehead atoms. The Bertz CT molecular complexity index is 1500. The van der Waals surface area contributed by atoms with Gasteiger partial charge in [-0.05, 0) is 67.3 Å². The van der Waals surface area contributed by atoms with Crippen molar-refractivity contribution in [3.8, 4) is 23.3 Å². The fourth-order valence-corrected chi connectivity index (χ4v) is 5.01. The van der Waals surface area contributed by atoms with Crippen molar-refractivity contribution in [2.45, 2.75) is 20.3 Å². The topological polar surface area (TPSA) is 133 Å². The highest BCUT2D eigenvalue weighted by atomic mass is 32.1. The summed E-state index contributed by atoms with van der Waals surface area (Å²) in [4.78, 5) is 38.9. The molecule has 0 fully saturated rings. The zero-order valence-corrected chi connectivity index (χ0v) is 22.9. The SMILES string of the molecule is CCOC(=O)c1c(NC(=O)COC(=O)C(C#N)=Cc2ccc(OC)cc2)sc(C)c1Cc1ccc2c(c1)OCO2. The molecule has 0 saturated heterocycles. The van der Waals surface area contributed by atoms with Crippen LogP contribution in [-0.2, 0) is 25.5 Å². The number of amides is 1. The number of carbonyl (C=O) groups is 3. The Morgan fingerprint density at radius 2 is 1.85 bits per heavy atom. The zero-order chi connectivity index (χ0) is 28.6. The van der Waals surface area contributed by atoms with Gasteiger partial charge in [-0.1, -0.05) is 18.2 Å². The van der Waals surface area contributed by atoms with Crippen LogP contribution in [0, 0.1) is 18.3 Å². The van der Waals surface area contributed by atoms with E-state index in [0.717, 1.165) is 10.4 Å². The van der Waals surface area contributed by atoms with Crippen LogP contribution in [0.3, 0.4) is 0 Å². The summed E-state index contributed by atoms with van der Waals surface area (Å²) in [6, 6.07) is 14.0. The molecule has 10 nitrogen and oxygen atoms in total. The number of thiophene rings is 1. The van der Waals surface area contributed by atoms with Gasteiger partial charge in [0.05, 0.1) is 19.3 Å². The third-order valence-corrected chi connectivity index (χ3v) is 6.92. The van der Waals surface area contributed by atoms with E-state index in [1.165, 1.54) is 24.5 Å². The molecule has 0 spiro atoms. The highest BCUT2D eigenvalue weighted by molar-refractivity contribution is 7.16. The Labute approximate surface area is 234 Å². The maximum Gasteiger partial charge on any atom is 0.349 e. The number of carbonyl (C=O) groups excluding carboxylic acids is 3. The Kier molecular flexibility index (Phi) is 9.04. The van der Waals surface area contributed by atoms with Crippen LogP contribution in [0.1, 0.15) is 38.8 Å². The average molecular weight is 563 g/mol. The smallest absolute Gasteiger partial charge is 0.349 e. The molecule has 2 heterocycles. The molecule has 2 aromatic carbocycles. The van der Waals surface area contributed by atoms with E-state index >= 15 is 0 Å². The number of anilines is 1. The molecule has 206 valence electrons. The first-order valence-electron chi connectivity index (χ1n) is 12.2. The van der Waals surface area contributed by atoms with Crippen molar-refractivity contribution in [3.63, 3.8) is 0 Å². The van der Waals surface area contributed by atoms with Gasteiger partial charge in [0.1, 0.15) is 22.4 Å². The van der Waals surface area contributed by atoms with Gasteiger partial charge in [0.25, 0.3) is 5.91 Å². The second-order valence-electron chi connectivity index (χ2n) is 8.49. The van der Waals surface area contributed by atoms with Crippen LogP contribution in [0.4, 0.5) is 5.00 Å². The van der Waals surface area contributed by atoms with E-state index in [1.807, 2.05) is 19.1 Å². The number of ether oxygens (including phenoxy) is 5. The van der Waals surface area contributed by atoms with E-state index in [4.69, 9.17) is 23.7 Å². The van der Waals surface area contributed by atoms with Crippen molar-refractivity contribution in [1.82, 2.24) is 0 Å². The molecule has 1 aromatic heterocycles. The van der Waals surface area contributed by atoms with Crippen LogP contribution in [0.2, 0.25) is 0 Å². The summed E-state index contributed by atoms with van der Waals surface area (Å²) in [6.07, 6.45) is 1.74. The predicted octanol–water partition coefficient (Wildman–Crippen LogP) is 4.65. The maximum absolute atomic E-state index is 12.9. The molecule has 1 aliphatic rings.